The van der Waals surface area contributed by atoms with Gasteiger partial charge in [-0.1, -0.05) is 30.3 Å². The molecule has 100 valence electrons. The van der Waals surface area contributed by atoms with Crippen LogP contribution in [0.5, 0.6) is 5.75 Å². The van der Waals surface area contributed by atoms with E-state index in [1.165, 1.54) is 22.3 Å². The van der Waals surface area contributed by atoms with Gasteiger partial charge in [-0.25, -0.2) is 0 Å². The largest absolute Gasteiger partial charge is 0.468 e. The third-order valence-corrected chi connectivity index (χ3v) is 3.08. The highest BCUT2D eigenvalue weighted by molar-refractivity contribution is 5.71. The second-order valence-electron chi connectivity index (χ2n) is 4.55. The summed E-state index contributed by atoms with van der Waals surface area (Å²) >= 11 is 0. The molecule has 0 amide bonds. The van der Waals surface area contributed by atoms with Crippen LogP contribution in [-0.2, 0) is 4.74 Å². The van der Waals surface area contributed by atoms with Crippen molar-refractivity contribution in [1.82, 2.24) is 0 Å². The molecular weight excluding hydrogens is 236 g/mol. The van der Waals surface area contributed by atoms with Crippen LogP contribution in [0, 0.1) is 13.8 Å². The van der Waals surface area contributed by atoms with Gasteiger partial charge in [0.2, 0.25) is 0 Å². The first-order valence-corrected chi connectivity index (χ1v) is 6.59. The molecule has 2 heteroatoms. The maximum Gasteiger partial charge on any atom is 0.189 e. The zero-order chi connectivity index (χ0) is 13.7. The number of hydrogen-bond acceptors (Lipinski definition) is 2. The van der Waals surface area contributed by atoms with Gasteiger partial charge in [-0.3, -0.25) is 0 Å². The molecule has 0 saturated carbocycles. The quantitative estimate of drug-likeness (QED) is 0.585. The SMILES string of the molecule is CCOCOc1cc(C)c(-c2ccccc2)c(C)c1. The average Bonchev–Trinajstić information content (AvgIpc) is 2.39. The fourth-order valence-electron chi connectivity index (χ4n) is 2.26. The lowest BCUT2D eigenvalue weighted by atomic mass is 9.95. The van der Waals surface area contributed by atoms with Crippen LogP contribution in [-0.4, -0.2) is 13.4 Å². The molecule has 0 saturated heterocycles. The van der Waals surface area contributed by atoms with Crippen molar-refractivity contribution < 1.29 is 9.47 Å². The van der Waals surface area contributed by atoms with Crippen molar-refractivity contribution >= 4 is 0 Å². The van der Waals surface area contributed by atoms with Crippen LogP contribution >= 0.6 is 0 Å². The maximum atomic E-state index is 5.58. The highest BCUT2D eigenvalue weighted by Gasteiger charge is 2.07. The topological polar surface area (TPSA) is 18.5 Å². The summed E-state index contributed by atoms with van der Waals surface area (Å²) in [6.45, 7) is 7.16. The van der Waals surface area contributed by atoms with E-state index >= 15 is 0 Å². The Kier molecular flexibility index (Phi) is 4.58. The molecule has 2 aromatic rings. The molecule has 0 N–H and O–H groups in total. The van der Waals surface area contributed by atoms with Crippen LogP contribution in [0.4, 0.5) is 0 Å². The summed E-state index contributed by atoms with van der Waals surface area (Å²) in [5.74, 6) is 0.864. The summed E-state index contributed by atoms with van der Waals surface area (Å²) in [7, 11) is 0. The van der Waals surface area contributed by atoms with Crippen molar-refractivity contribution in [3.05, 3.63) is 53.6 Å². The Balaban J connectivity index is 2.28. The second-order valence-corrected chi connectivity index (χ2v) is 4.55. The Morgan fingerprint density at radius 2 is 1.58 bits per heavy atom. The van der Waals surface area contributed by atoms with E-state index in [4.69, 9.17) is 9.47 Å². The molecule has 0 fully saturated rings. The third kappa shape index (κ3) is 3.36. The van der Waals surface area contributed by atoms with Crippen molar-refractivity contribution in [2.24, 2.45) is 0 Å². The molecule has 0 aromatic heterocycles. The molecule has 0 radical (unpaired) electrons. The summed E-state index contributed by atoms with van der Waals surface area (Å²) in [5, 5.41) is 0. The van der Waals surface area contributed by atoms with E-state index in [2.05, 4.69) is 50.2 Å². The van der Waals surface area contributed by atoms with Crippen LogP contribution in [0.15, 0.2) is 42.5 Å². The molecule has 0 aliphatic carbocycles. The molecule has 0 heterocycles. The van der Waals surface area contributed by atoms with Gasteiger partial charge in [-0.05, 0) is 55.2 Å². The Labute approximate surface area is 115 Å². The normalized spacial score (nSPS) is 10.5. The molecule has 0 spiro atoms. The minimum atomic E-state index is 0.306. The van der Waals surface area contributed by atoms with Crippen LogP contribution in [0.1, 0.15) is 18.1 Å². The highest BCUT2D eigenvalue weighted by atomic mass is 16.7. The zero-order valence-corrected chi connectivity index (χ0v) is 11.8. The van der Waals surface area contributed by atoms with Gasteiger partial charge in [-0.15, -0.1) is 0 Å². The Hall–Kier alpha value is -1.80. The lowest BCUT2D eigenvalue weighted by molar-refractivity contribution is 0.0224. The van der Waals surface area contributed by atoms with Crippen LogP contribution in [0.3, 0.4) is 0 Å². The van der Waals surface area contributed by atoms with Crippen molar-refractivity contribution in [3.8, 4) is 16.9 Å². The van der Waals surface area contributed by atoms with E-state index in [-0.39, 0.29) is 0 Å². The standard InChI is InChI=1S/C17H20O2/c1-4-18-12-19-16-10-13(2)17(14(3)11-16)15-8-6-5-7-9-15/h5-11H,4,12H2,1-3H3. The smallest absolute Gasteiger partial charge is 0.189 e. The Bertz CT molecular complexity index is 509. The summed E-state index contributed by atoms with van der Waals surface area (Å²) in [6, 6.07) is 14.6. The van der Waals surface area contributed by atoms with Crippen molar-refractivity contribution in [2.45, 2.75) is 20.8 Å². The lowest BCUT2D eigenvalue weighted by Gasteiger charge is -2.13. The van der Waals surface area contributed by atoms with E-state index in [0.29, 0.717) is 13.4 Å². The van der Waals surface area contributed by atoms with Gasteiger partial charge in [0, 0.05) is 6.61 Å². The van der Waals surface area contributed by atoms with Crippen LogP contribution in [0.2, 0.25) is 0 Å². The number of rotatable bonds is 5. The van der Waals surface area contributed by atoms with Gasteiger partial charge in [0.25, 0.3) is 0 Å². The molecule has 2 rings (SSSR count). The van der Waals surface area contributed by atoms with Gasteiger partial charge >= 0.3 is 0 Å². The van der Waals surface area contributed by atoms with Gasteiger partial charge in [0.15, 0.2) is 6.79 Å². The molecular formula is C17H20O2. The Morgan fingerprint density at radius 1 is 0.947 bits per heavy atom. The average molecular weight is 256 g/mol. The lowest BCUT2D eigenvalue weighted by Crippen LogP contribution is -2.03. The third-order valence-electron chi connectivity index (χ3n) is 3.08. The first-order chi connectivity index (χ1) is 9.22. The zero-order valence-electron chi connectivity index (χ0n) is 11.8. The Morgan fingerprint density at radius 3 is 2.16 bits per heavy atom. The molecule has 2 aromatic carbocycles. The minimum absolute atomic E-state index is 0.306. The van der Waals surface area contributed by atoms with Gasteiger partial charge < -0.3 is 9.47 Å². The number of ether oxygens (including phenoxy) is 2. The van der Waals surface area contributed by atoms with E-state index in [1.807, 2.05) is 13.0 Å². The molecule has 0 aliphatic heterocycles. The summed E-state index contributed by atoms with van der Waals surface area (Å²) in [4.78, 5) is 0. The molecule has 0 atom stereocenters. The predicted molar refractivity (Wildman–Crippen MR) is 78.5 cm³/mol. The highest BCUT2D eigenvalue weighted by Crippen LogP contribution is 2.30. The van der Waals surface area contributed by atoms with Crippen molar-refractivity contribution in [3.63, 3.8) is 0 Å². The molecule has 0 aliphatic rings. The second kappa shape index (κ2) is 6.39. The van der Waals surface area contributed by atoms with E-state index < -0.39 is 0 Å². The number of benzene rings is 2. The maximum absolute atomic E-state index is 5.58. The van der Waals surface area contributed by atoms with Crippen LogP contribution < -0.4 is 4.74 Å². The van der Waals surface area contributed by atoms with Gasteiger partial charge in [0.05, 0.1) is 0 Å². The van der Waals surface area contributed by atoms with Gasteiger partial charge in [0.1, 0.15) is 5.75 Å². The van der Waals surface area contributed by atoms with Gasteiger partial charge in [-0.2, -0.15) is 0 Å². The molecule has 0 bridgehead atoms. The summed E-state index contributed by atoms with van der Waals surface area (Å²) in [5.41, 5.74) is 4.97. The monoisotopic (exact) mass is 256 g/mol. The molecule has 2 nitrogen and oxygen atoms in total. The van der Waals surface area contributed by atoms with Crippen molar-refractivity contribution in [1.29, 1.82) is 0 Å². The molecule has 0 unspecified atom stereocenters. The first kappa shape index (κ1) is 13.6. The first-order valence-electron chi connectivity index (χ1n) is 6.59. The molecule has 19 heavy (non-hydrogen) atoms. The van der Waals surface area contributed by atoms with Crippen LogP contribution in [0.25, 0.3) is 11.1 Å². The van der Waals surface area contributed by atoms with E-state index in [9.17, 15) is 0 Å². The summed E-state index contributed by atoms with van der Waals surface area (Å²) < 4.78 is 10.8. The van der Waals surface area contributed by atoms with Crippen molar-refractivity contribution in [2.75, 3.05) is 13.4 Å². The minimum Gasteiger partial charge on any atom is -0.468 e. The fourth-order valence-corrected chi connectivity index (χ4v) is 2.26. The van der Waals surface area contributed by atoms with E-state index in [1.54, 1.807) is 0 Å². The summed E-state index contributed by atoms with van der Waals surface area (Å²) in [6.07, 6.45) is 0. The van der Waals surface area contributed by atoms with E-state index in [0.717, 1.165) is 5.75 Å². The fraction of sp³-hybridized carbons (Fsp3) is 0.294. The number of aryl methyl sites for hydroxylation is 2. The number of hydrogen-bond donors (Lipinski definition) is 0. The predicted octanol–water partition coefficient (Wildman–Crippen LogP) is 4.34.